The van der Waals surface area contributed by atoms with Crippen LogP contribution in [0.3, 0.4) is 0 Å². The zero-order valence-corrected chi connectivity index (χ0v) is 16.0. The predicted molar refractivity (Wildman–Crippen MR) is 105 cm³/mol. The third-order valence-corrected chi connectivity index (χ3v) is 6.24. The summed E-state index contributed by atoms with van der Waals surface area (Å²) in [5.41, 5.74) is 2.17. The number of fused-ring (bicyclic) bond motifs is 5. The molecule has 0 saturated heterocycles. The van der Waals surface area contributed by atoms with Gasteiger partial charge in [0.2, 0.25) is 0 Å². The number of aryl methyl sites for hydroxylation is 2. The van der Waals surface area contributed by atoms with Gasteiger partial charge in [0.05, 0.1) is 12.0 Å². The molecule has 0 aromatic carbocycles. The lowest BCUT2D eigenvalue weighted by Gasteiger charge is -2.08. The molecule has 4 aromatic heterocycles. The van der Waals surface area contributed by atoms with Crippen LogP contribution < -0.4 is 5.69 Å². The number of hydrogen-bond acceptors (Lipinski definition) is 7. The largest absolute Gasteiger partial charge is 0.465 e. The van der Waals surface area contributed by atoms with Gasteiger partial charge in [0, 0.05) is 22.8 Å². The molecule has 8 nitrogen and oxygen atoms in total. The second-order valence-electron chi connectivity index (χ2n) is 6.62. The van der Waals surface area contributed by atoms with Crippen LogP contribution in [-0.2, 0) is 28.9 Å². The highest BCUT2D eigenvalue weighted by molar-refractivity contribution is 7.19. The topological polar surface area (TPSA) is 91.4 Å². The van der Waals surface area contributed by atoms with Crippen molar-refractivity contribution in [1.82, 2.24) is 24.1 Å². The highest BCUT2D eigenvalue weighted by Gasteiger charge is 2.26. The minimum atomic E-state index is -0.437. The number of aromatic nitrogens is 5. The molecule has 4 heterocycles. The Morgan fingerprint density at radius 2 is 2.11 bits per heavy atom. The average Bonchev–Trinajstić information content (AvgIpc) is 3.40. The molecule has 0 amide bonds. The van der Waals surface area contributed by atoms with Gasteiger partial charge in [0.25, 0.3) is 0 Å². The summed E-state index contributed by atoms with van der Waals surface area (Å²) < 4.78 is 7.84. The lowest BCUT2D eigenvalue weighted by molar-refractivity contribution is -0.143. The Labute approximate surface area is 163 Å². The maximum Gasteiger partial charge on any atom is 0.352 e. The van der Waals surface area contributed by atoms with Crippen molar-refractivity contribution in [1.29, 1.82) is 0 Å². The summed E-state index contributed by atoms with van der Waals surface area (Å²) in [7, 11) is 0. The van der Waals surface area contributed by atoms with Crippen molar-refractivity contribution in [3.05, 3.63) is 45.5 Å². The molecule has 142 valence electrons. The number of carbonyl (C=O) groups excluding carboxylic acids is 1. The Bertz CT molecular complexity index is 1270. The quantitative estimate of drug-likeness (QED) is 0.492. The van der Waals surface area contributed by atoms with Crippen LogP contribution >= 0.6 is 11.3 Å². The summed E-state index contributed by atoms with van der Waals surface area (Å²) in [6, 6.07) is 3.61. The van der Waals surface area contributed by atoms with Crippen molar-refractivity contribution in [3.8, 4) is 11.4 Å². The van der Waals surface area contributed by atoms with Crippen LogP contribution in [0.15, 0.2) is 29.3 Å². The molecule has 0 atom stereocenters. The summed E-state index contributed by atoms with van der Waals surface area (Å²) in [6.07, 6.45) is 6.35. The number of carbonyl (C=O) groups is 1. The molecule has 1 aliphatic rings. The van der Waals surface area contributed by atoms with Crippen molar-refractivity contribution in [3.63, 3.8) is 0 Å². The number of ether oxygens (including phenoxy) is 1. The molecule has 0 N–H and O–H groups in total. The van der Waals surface area contributed by atoms with Gasteiger partial charge in [-0.05, 0) is 43.9 Å². The Kier molecular flexibility index (Phi) is 3.97. The van der Waals surface area contributed by atoms with Gasteiger partial charge in [-0.25, -0.2) is 9.78 Å². The molecule has 28 heavy (non-hydrogen) atoms. The molecular weight excluding hydrogens is 378 g/mol. The average molecular weight is 395 g/mol. The van der Waals surface area contributed by atoms with E-state index in [1.807, 2.05) is 0 Å². The summed E-state index contributed by atoms with van der Waals surface area (Å²) in [4.78, 5) is 36.0. The first kappa shape index (κ1) is 17.1. The Hall–Kier alpha value is -3.07. The first-order valence-electron chi connectivity index (χ1n) is 9.17. The lowest BCUT2D eigenvalue weighted by Crippen LogP contribution is -2.30. The molecule has 0 spiro atoms. The van der Waals surface area contributed by atoms with Gasteiger partial charge in [-0.15, -0.1) is 16.4 Å². The Balaban J connectivity index is 1.81. The molecule has 0 saturated carbocycles. The highest BCUT2D eigenvalue weighted by Crippen LogP contribution is 2.38. The van der Waals surface area contributed by atoms with E-state index in [2.05, 4.69) is 15.1 Å². The predicted octanol–water partition coefficient (Wildman–Crippen LogP) is 2.22. The van der Waals surface area contributed by atoms with Gasteiger partial charge in [-0.1, -0.05) is 0 Å². The zero-order valence-electron chi connectivity index (χ0n) is 15.2. The normalized spacial score (nSPS) is 13.3. The van der Waals surface area contributed by atoms with Gasteiger partial charge < -0.3 is 4.74 Å². The zero-order chi connectivity index (χ0) is 19.3. The smallest absolute Gasteiger partial charge is 0.352 e. The highest BCUT2D eigenvalue weighted by atomic mass is 32.1. The molecular formula is C19H17N5O3S. The number of esters is 1. The second-order valence-corrected chi connectivity index (χ2v) is 7.70. The first-order chi connectivity index (χ1) is 13.7. The van der Waals surface area contributed by atoms with Crippen LogP contribution in [0.5, 0.6) is 0 Å². The van der Waals surface area contributed by atoms with E-state index in [4.69, 9.17) is 4.74 Å². The van der Waals surface area contributed by atoms with Crippen molar-refractivity contribution in [2.24, 2.45) is 0 Å². The van der Waals surface area contributed by atoms with E-state index in [-0.39, 0.29) is 18.8 Å². The fraction of sp³-hybridized carbons (Fsp3) is 0.316. The van der Waals surface area contributed by atoms with E-state index in [0.717, 1.165) is 35.0 Å². The van der Waals surface area contributed by atoms with E-state index in [9.17, 15) is 9.59 Å². The van der Waals surface area contributed by atoms with Crippen molar-refractivity contribution >= 4 is 33.2 Å². The third-order valence-electron chi connectivity index (χ3n) is 4.92. The SMILES string of the molecule is CCOC(=O)Cn1c(=O)n2nc(-c3ccncc3)nc2c2c3c(sc21)CCC3. The number of pyridine rings is 1. The minimum Gasteiger partial charge on any atom is -0.465 e. The fourth-order valence-electron chi connectivity index (χ4n) is 3.72. The summed E-state index contributed by atoms with van der Waals surface area (Å²) in [6.45, 7) is 1.88. The van der Waals surface area contributed by atoms with E-state index in [1.54, 1.807) is 42.8 Å². The maximum atomic E-state index is 13.2. The molecule has 0 aliphatic heterocycles. The van der Waals surface area contributed by atoms with Crippen LogP contribution in [0.2, 0.25) is 0 Å². The van der Waals surface area contributed by atoms with Gasteiger partial charge >= 0.3 is 11.7 Å². The molecule has 4 aromatic rings. The molecule has 0 bridgehead atoms. The van der Waals surface area contributed by atoms with Gasteiger partial charge in [0.1, 0.15) is 11.4 Å². The number of hydrogen-bond donors (Lipinski definition) is 0. The second kappa shape index (κ2) is 6.52. The molecule has 1 aliphatic carbocycles. The van der Waals surface area contributed by atoms with Gasteiger partial charge in [0.15, 0.2) is 11.5 Å². The summed E-state index contributed by atoms with van der Waals surface area (Å²) >= 11 is 1.57. The summed E-state index contributed by atoms with van der Waals surface area (Å²) in [5.74, 6) is 0.0286. The van der Waals surface area contributed by atoms with E-state index < -0.39 is 5.97 Å². The van der Waals surface area contributed by atoms with Crippen molar-refractivity contribution in [2.45, 2.75) is 32.7 Å². The minimum absolute atomic E-state index is 0.136. The van der Waals surface area contributed by atoms with Crippen molar-refractivity contribution < 1.29 is 9.53 Å². The van der Waals surface area contributed by atoms with Crippen LogP contribution in [0, 0.1) is 0 Å². The molecule has 0 unspecified atom stereocenters. The third kappa shape index (κ3) is 2.54. The van der Waals surface area contributed by atoms with E-state index in [1.165, 1.54) is 19.5 Å². The number of rotatable bonds is 4. The number of nitrogens with zero attached hydrogens (tertiary/aromatic N) is 5. The first-order valence-corrected chi connectivity index (χ1v) is 9.99. The van der Waals surface area contributed by atoms with Crippen molar-refractivity contribution in [2.75, 3.05) is 6.61 Å². The molecule has 0 radical (unpaired) electrons. The van der Waals surface area contributed by atoms with Crippen LogP contribution in [0.25, 0.3) is 27.3 Å². The lowest BCUT2D eigenvalue weighted by atomic mass is 10.2. The maximum absolute atomic E-state index is 13.2. The summed E-state index contributed by atoms with van der Waals surface area (Å²) in [5, 5.41) is 5.37. The van der Waals surface area contributed by atoms with E-state index in [0.29, 0.717) is 11.5 Å². The fourth-order valence-corrected chi connectivity index (χ4v) is 5.09. The molecule has 5 rings (SSSR count). The number of thiophene rings is 1. The van der Waals surface area contributed by atoms with Crippen LogP contribution in [-0.4, -0.2) is 36.7 Å². The molecule has 0 fully saturated rings. The standard InChI is InChI=1S/C19H17N5O3S/c1-2-27-14(25)10-23-18-15(12-4-3-5-13(12)28-18)17-21-16(22-24(17)19(23)26)11-6-8-20-9-7-11/h6-9H,2-5,10H2,1H3. The van der Waals surface area contributed by atoms with Crippen LogP contribution in [0.4, 0.5) is 0 Å². The van der Waals surface area contributed by atoms with Crippen LogP contribution in [0.1, 0.15) is 23.8 Å². The Morgan fingerprint density at radius 3 is 2.89 bits per heavy atom. The van der Waals surface area contributed by atoms with Gasteiger partial charge in [-0.2, -0.15) is 4.52 Å². The van der Waals surface area contributed by atoms with Gasteiger partial charge in [-0.3, -0.25) is 14.3 Å². The monoisotopic (exact) mass is 395 g/mol. The Morgan fingerprint density at radius 1 is 1.29 bits per heavy atom. The van der Waals surface area contributed by atoms with E-state index >= 15 is 0 Å². The molecule has 9 heteroatoms.